The zero-order valence-corrected chi connectivity index (χ0v) is 33.1. The van der Waals surface area contributed by atoms with Crippen LogP contribution in [0.5, 0.6) is 0 Å². The van der Waals surface area contributed by atoms with Crippen molar-refractivity contribution in [1.29, 1.82) is 0 Å². The predicted octanol–water partition coefficient (Wildman–Crippen LogP) is 9.97. The lowest BCUT2D eigenvalue weighted by molar-refractivity contribution is -0.124. The van der Waals surface area contributed by atoms with Gasteiger partial charge in [-0.3, -0.25) is 13.8 Å². The van der Waals surface area contributed by atoms with Gasteiger partial charge in [-0.05, 0) is 32.1 Å². The molecule has 9 nitrogen and oxygen atoms in total. The van der Waals surface area contributed by atoms with E-state index in [9.17, 15) is 24.5 Å². The Morgan fingerprint density at radius 2 is 1.14 bits per heavy atom. The van der Waals surface area contributed by atoms with Gasteiger partial charge in [-0.1, -0.05) is 173 Å². The summed E-state index contributed by atoms with van der Waals surface area (Å²) in [5, 5.41) is 23.9. The van der Waals surface area contributed by atoms with E-state index in [2.05, 4.69) is 31.3 Å². The first-order chi connectivity index (χ1) is 24.3. The fourth-order valence-corrected chi connectivity index (χ4v) is 6.72. The van der Waals surface area contributed by atoms with Crippen molar-refractivity contribution >= 4 is 13.7 Å². The highest BCUT2D eigenvalue weighted by atomic mass is 31.2. The summed E-state index contributed by atoms with van der Waals surface area (Å²) in [6.07, 6.45) is 36.9. The minimum Gasteiger partial charge on any atom is -0.393 e. The van der Waals surface area contributed by atoms with Crippen LogP contribution in [0, 0.1) is 0 Å². The number of carbonyl (C=O) groups is 1. The quantitative estimate of drug-likeness (QED) is 0.0239. The summed E-state index contributed by atoms with van der Waals surface area (Å²) in [5.74, 6) is -0.456. The van der Waals surface area contributed by atoms with E-state index < -0.39 is 38.6 Å². The number of hydrogen-bond acceptors (Lipinski definition) is 7. The number of nitrogens with two attached hydrogens (primary N) is 1. The molecule has 0 saturated heterocycles. The van der Waals surface area contributed by atoms with Crippen LogP contribution in [-0.2, 0) is 18.4 Å². The molecule has 0 rings (SSSR count). The lowest BCUT2D eigenvalue weighted by Gasteiger charge is -2.24. The van der Waals surface area contributed by atoms with Crippen molar-refractivity contribution in [2.45, 2.75) is 205 Å². The Morgan fingerprint density at radius 1 is 0.680 bits per heavy atom. The summed E-state index contributed by atoms with van der Waals surface area (Å²) in [5.41, 5.74) is 5.35. The molecule has 0 spiro atoms. The van der Waals surface area contributed by atoms with Crippen molar-refractivity contribution in [1.82, 2.24) is 5.32 Å². The molecule has 4 unspecified atom stereocenters. The van der Waals surface area contributed by atoms with Crippen LogP contribution in [0.15, 0.2) is 24.3 Å². The number of allylic oxidation sites excluding steroid dienone is 3. The molecule has 0 aliphatic rings. The minimum absolute atomic E-state index is 0.0458. The molecule has 0 aromatic rings. The van der Waals surface area contributed by atoms with Crippen molar-refractivity contribution in [3.63, 3.8) is 0 Å². The van der Waals surface area contributed by atoms with Gasteiger partial charge >= 0.3 is 7.82 Å². The average molecular weight is 731 g/mol. The Balaban J connectivity index is 4.42. The van der Waals surface area contributed by atoms with E-state index in [-0.39, 0.29) is 19.6 Å². The largest absolute Gasteiger partial charge is 0.472 e. The zero-order chi connectivity index (χ0) is 37.0. The fraction of sp³-hybridized carbons (Fsp3) is 0.875. The summed E-state index contributed by atoms with van der Waals surface area (Å²) in [6, 6.07) is -0.994. The standard InChI is InChI=1S/C40H79N2O7P/c1-3-5-7-9-11-13-15-16-17-18-19-20-22-24-26-28-30-32-39(44)38(36-49-50(46,47)48-34-33-41)42-40(45)35-37(43)31-29-27-25-23-21-14-12-10-8-6-4-2/h22,24,30,32,37-39,43-44H,3-21,23,25-29,31,33-36,41H2,1-2H3,(H,42,45)(H,46,47)/b24-22+,32-30+. The van der Waals surface area contributed by atoms with Gasteiger partial charge < -0.3 is 26.2 Å². The molecular formula is C40H79N2O7P. The Labute approximate surface area is 307 Å². The number of unbranched alkanes of at least 4 members (excludes halogenated alkanes) is 22. The molecule has 0 fully saturated rings. The van der Waals surface area contributed by atoms with E-state index in [0.29, 0.717) is 12.8 Å². The van der Waals surface area contributed by atoms with Gasteiger partial charge in [-0.15, -0.1) is 0 Å². The molecule has 0 bridgehead atoms. The van der Waals surface area contributed by atoms with Crippen LogP contribution in [0.4, 0.5) is 0 Å². The van der Waals surface area contributed by atoms with Crippen LogP contribution in [0.25, 0.3) is 0 Å². The Kier molecular flexibility index (Phi) is 35.5. The predicted molar refractivity (Wildman–Crippen MR) is 209 cm³/mol. The van der Waals surface area contributed by atoms with Crippen molar-refractivity contribution in [3.05, 3.63) is 24.3 Å². The third-order valence-electron chi connectivity index (χ3n) is 9.08. The van der Waals surface area contributed by atoms with Gasteiger partial charge in [-0.25, -0.2) is 4.57 Å². The number of aliphatic hydroxyl groups is 2. The molecule has 0 aromatic carbocycles. The van der Waals surface area contributed by atoms with Crippen LogP contribution in [0.1, 0.15) is 187 Å². The Hall–Kier alpha value is -1.06. The second-order valence-corrected chi connectivity index (χ2v) is 15.5. The van der Waals surface area contributed by atoms with Crippen LogP contribution < -0.4 is 11.1 Å². The van der Waals surface area contributed by atoms with Gasteiger partial charge in [0.1, 0.15) is 0 Å². The van der Waals surface area contributed by atoms with Crippen molar-refractivity contribution in [2.75, 3.05) is 19.8 Å². The van der Waals surface area contributed by atoms with Crippen LogP contribution in [0.3, 0.4) is 0 Å². The van der Waals surface area contributed by atoms with E-state index in [1.165, 1.54) is 122 Å². The third-order valence-corrected chi connectivity index (χ3v) is 10.1. The number of nitrogens with one attached hydrogen (secondary N) is 1. The normalized spacial score (nSPS) is 15.1. The molecule has 0 saturated carbocycles. The van der Waals surface area contributed by atoms with E-state index in [1.807, 2.05) is 6.08 Å². The first kappa shape index (κ1) is 48.9. The highest BCUT2D eigenvalue weighted by molar-refractivity contribution is 7.47. The van der Waals surface area contributed by atoms with Gasteiger partial charge in [0.25, 0.3) is 0 Å². The number of aliphatic hydroxyl groups excluding tert-OH is 2. The highest BCUT2D eigenvalue weighted by Crippen LogP contribution is 2.43. The van der Waals surface area contributed by atoms with Crippen LogP contribution >= 0.6 is 7.82 Å². The molecule has 6 N–H and O–H groups in total. The SMILES string of the molecule is CCCCCCCCCCCCC/C=C/CC/C=C/C(O)C(COP(=O)(O)OCCN)NC(=O)CC(O)CCCCCCCCCCCCC. The molecule has 1 amide bonds. The number of carbonyl (C=O) groups excluding carboxylic acids is 1. The highest BCUT2D eigenvalue weighted by Gasteiger charge is 2.27. The van der Waals surface area contributed by atoms with Crippen molar-refractivity contribution < 1.29 is 33.5 Å². The summed E-state index contributed by atoms with van der Waals surface area (Å²) in [4.78, 5) is 22.7. The lowest BCUT2D eigenvalue weighted by Crippen LogP contribution is -2.46. The second-order valence-electron chi connectivity index (χ2n) is 14.0. The number of phosphoric ester groups is 1. The van der Waals surface area contributed by atoms with E-state index in [1.54, 1.807) is 6.08 Å². The third kappa shape index (κ3) is 34.0. The van der Waals surface area contributed by atoms with E-state index >= 15 is 0 Å². The summed E-state index contributed by atoms with van der Waals surface area (Å²) in [6.45, 7) is 3.94. The summed E-state index contributed by atoms with van der Waals surface area (Å²) in [7, 11) is -4.40. The van der Waals surface area contributed by atoms with Gasteiger partial charge in [0, 0.05) is 6.54 Å². The molecule has 0 radical (unpaired) electrons. The smallest absolute Gasteiger partial charge is 0.393 e. The lowest BCUT2D eigenvalue weighted by atomic mass is 10.0. The molecule has 10 heteroatoms. The number of hydrogen-bond donors (Lipinski definition) is 5. The molecule has 0 aliphatic heterocycles. The Morgan fingerprint density at radius 3 is 1.66 bits per heavy atom. The molecule has 50 heavy (non-hydrogen) atoms. The first-order valence-electron chi connectivity index (χ1n) is 20.5. The topological polar surface area (TPSA) is 151 Å². The summed E-state index contributed by atoms with van der Waals surface area (Å²) >= 11 is 0. The molecule has 296 valence electrons. The summed E-state index contributed by atoms with van der Waals surface area (Å²) < 4.78 is 22.0. The monoisotopic (exact) mass is 731 g/mol. The second kappa shape index (κ2) is 36.3. The van der Waals surface area contributed by atoms with E-state index in [0.717, 1.165) is 32.1 Å². The van der Waals surface area contributed by atoms with Gasteiger partial charge in [0.2, 0.25) is 5.91 Å². The van der Waals surface area contributed by atoms with Gasteiger partial charge in [0.05, 0.1) is 37.9 Å². The maximum atomic E-state index is 12.7. The zero-order valence-electron chi connectivity index (χ0n) is 32.3. The molecule has 4 atom stereocenters. The van der Waals surface area contributed by atoms with Crippen LogP contribution in [-0.4, -0.2) is 59.0 Å². The minimum atomic E-state index is -4.40. The maximum absolute atomic E-state index is 12.7. The maximum Gasteiger partial charge on any atom is 0.472 e. The van der Waals surface area contributed by atoms with Crippen LogP contribution in [0.2, 0.25) is 0 Å². The number of amides is 1. The molecular weight excluding hydrogens is 651 g/mol. The van der Waals surface area contributed by atoms with E-state index in [4.69, 9.17) is 14.8 Å². The fourth-order valence-electron chi connectivity index (χ4n) is 5.96. The molecule has 0 heterocycles. The van der Waals surface area contributed by atoms with Gasteiger partial charge in [0.15, 0.2) is 0 Å². The molecule has 0 aliphatic carbocycles. The Bertz CT molecular complexity index is 858. The molecule has 0 aromatic heterocycles. The first-order valence-corrected chi connectivity index (χ1v) is 22.0. The number of rotatable bonds is 38. The average Bonchev–Trinajstić information content (AvgIpc) is 3.09. The van der Waals surface area contributed by atoms with Crippen molar-refractivity contribution in [3.8, 4) is 0 Å². The number of phosphoric acid groups is 1. The van der Waals surface area contributed by atoms with Gasteiger partial charge in [-0.2, -0.15) is 0 Å². The van der Waals surface area contributed by atoms with Crippen molar-refractivity contribution in [2.24, 2.45) is 5.73 Å².